The maximum Gasteiger partial charge on any atom is 0.416 e. The van der Waals surface area contributed by atoms with Crippen LogP contribution in [-0.4, -0.2) is 10.5 Å². The zero-order valence-corrected chi connectivity index (χ0v) is 16.1. The molecule has 1 amide bonds. The number of nitrogens with zero attached hydrogens (tertiary/aromatic N) is 1. The van der Waals surface area contributed by atoms with Crippen molar-refractivity contribution >= 4 is 38.8 Å². The first kappa shape index (κ1) is 19.7. The highest BCUT2D eigenvalue weighted by molar-refractivity contribution is 7.21. The van der Waals surface area contributed by atoms with Crippen LogP contribution in [0.5, 0.6) is 0 Å². The topological polar surface area (TPSA) is 77.1 Å². The Kier molecular flexibility index (Phi) is 4.83. The van der Waals surface area contributed by atoms with Crippen molar-refractivity contribution in [1.29, 1.82) is 0 Å². The van der Waals surface area contributed by atoms with Gasteiger partial charge in [-0.2, -0.15) is 13.2 Å². The van der Waals surface area contributed by atoms with Gasteiger partial charge >= 0.3 is 6.18 Å². The SMILES string of the molecule is NC(=O)c1sc2c(ccc(=O)n2-c2ccccc2)c1Nc1cccc(C(F)(F)F)c1. The third kappa shape index (κ3) is 3.55. The van der Waals surface area contributed by atoms with Gasteiger partial charge in [-0.05, 0) is 36.4 Å². The predicted molar refractivity (Wildman–Crippen MR) is 111 cm³/mol. The molecule has 4 aromatic rings. The minimum Gasteiger partial charge on any atom is -0.365 e. The number of aromatic nitrogens is 1. The summed E-state index contributed by atoms with van der Waals surface area (Å²) in [6.45, 7) is 0. The van der Waals surface area contributed by atoms with Crippen molar-refractivity contribution in [2.45, 2.75) is 6.18 Å². The number of halogens is 3. The first-order chi connectivity index (χ1) is 14.3. The van der Waals surface area contributed by atoms with Crippen LogP contribution in [0, 0.1) is 0 Å². The molecular weight excluding hydrogens is 415 g/mol. The minimum atomic E-state index is -4.51. The molecule has 0 spiro atoms. The molecule has 0 bridgehead atoms. The van der Waals surface area contributed by atoms with Crippen LogP contribution < -0.4 is 16.6 Å². The number of carbonyl (C=O) groups excluding carboxylic acids is 1. The number of rotatable bonds is 4. The lowest BCUT2D eigenvalue weighted by atomic mass is 10.1. The van der Waals surface area contributed by atoms with E-state index in [4.69, 9.17) is 5.73 Å². The van der Waals surface area contributed by atoms with E-state index in [1.807, 2.05) is 0 Å². The molecule has 152 valence electrons. The number of hydrogen-bond acceptors (Lipinski definition) is 4. The van der Waals surface area contributed by atoms with E-state index in [-0.39, 0.29) is 21.8 Å². The van der Waals surface area contributed by atoms with Gasteiger partial charge in [0.25, 0.3) is 11.5 Å². The van der Waals surface area contributed by atoms with Crippen LogP contribution in [0.2, 0.25) is 0 Å². The molecule has 0 aliphatic heterocycles. The second-order valence-electron chi connectivity index (χ2n) is 6.44. The smallest absolute Gasteiger partial charge is 0.365 e. The normalized spacial score (nSPS) is 11.6. The van der Waals surface area contributed by atoms with Crippen LogP contribution in [-0.2, 0) is 6.18 Å². The number of para-hydroxylation sites is 1. The number of carbonyl (C=O) groups is 1. The van der Waals surface area contributed by atoms with Crippen LogP contribution in [0.1, 0.15) is 15.2 Å². The molecule has 30 heavy (non-hydrogen) atoms. The highest BCUT2D eigenvalue weighted by Crippen LogP contribution is 2.38. The monoisotopic (exact) mass is 429 g/mol. The van der Waals surface area contributed by atoms with Gasteiger partial charge in [-0.3, -0.25) is 14.2 Å². The lowest BCUT2D eigenvalue weighted by Crippen LogP contribution is -2.16. The Hall–Kier alpha value is -3.59. The minimum absolute atomic E-state index is 0.109. The summed E-state index contributed by atoms with van der Waals surface area (Å²) in [5.41, 5.74) is 5.38. The highest BCUT2D eigenvalue weighted by Gasteiger charge is 2.30. The number of hydrogen-bond donors (Lipinski definition) is 2. The second-order valence-corrected chi connectivity index (χ2v) is 7.43. The number of alkyl halides is 3. The zero-order valence-electron chi connectivity index (χ0n) is 15.2. The van der Waals surface area contributed by atoms with Crippen molar-refractivity contribution in [3.8, 4) is 5.69 Å². The standard InChI is InChI=1S/C21H14F3N3O2S/c22-21(23,24)12-5-4-6-13(11-12)26-17-15-9-10-16(28)27(14-7-2-1-3-8-14)20(15)30-18(17)19(25)29/h1-11,26H,(H2,25,29). The Morgan fingerprint density at radius 1 is 1.00 bits per heavy atom. The van der Waals surface area contributed by atoms with Gasteiger partial charge in [0.15, 0.2) is 0 Å². The van der Waals surface area contributed by atoms with Crippen molar-refractivity contribution in [2.24, 2.45) is 5.73 Å². The fraction of sp³-hybridized carbons (Fsp3) is 0.0476. The third-order valence-corrected chi connectivity index (χ3v) is 5.64. The van der Waals surface area contributed by atoms with Crippen molar-refractivity contribution in [3.05, 3.63) is 87.5 Å². The van der Waals surface area contributed by atoms with Crippen LogP contribution in [0.3, 0.4) is 0 Å². The van der Waals surface area contributed by atoms with Crippen molar-refractivity contribution < 1.29 is 18.0 Å². The Labute approximate surface area is 172 Å². The van der Waals surface area contributed by atoms with E-state index < -0.39 is 17.6 Å². The van der Waals surface area contributed by atoms with E-state index in [1.165, 1.54) is 28.8 Å². The van der Waals surface area contributed by atoms with Gasteiger partial charge in [-0.15, -0.1) is 11.3 Å². The van der Waals surface area contributed by atoms with Gasteiger partial charge in [-0.25, -0.2) is 0 Å². The summed E-state index contributed by atoms with van der Waals surface area (Å²) in [5.74, 6) is -0.752. The number of anilines is 2. The fourth-order valence-electron chi connectivity index (χ4n) is 3.12. The number of benzene rings is 2. The van der Waals surface area contributed by atoms with Crippen molar-refractivity contribution in [3.63, 3.8) is 0 Å². The van der Waals surface area contributed by atoms with E-state index in [2.05, 4.69) is 5.32 Å². The van der Waals surface area contributed by atoms with Crippen LogP contribution in [0.4, 0.5) is 24.5 Å². The highest BCUT2D eigenvalue weighted by atomic mass is 32.1. The van der Waals surface area contributed by atoms with Gasteiger partial charge in [0.05, 0.1) is 16.9 Å². The predicted octanol–water partition coefficient (Wildman–Crippen LogP) is 4.91. The summed E-state index contributed by atoms with van der Waals surface area (Å²) in [7, 11) is 0. The molecule has 2 aromatic heterocycles. The average Bonchev–Trinajstić information content (AvgIpc) is 3.06. The molecule has 0 saturated carbocycles. The van der Waals surface area contributed by atoms with Crippen LogP contribution >= 0.6 is 11.3 Å². The van der Waals surface area contributed by atoms with Crippen molar-refractivity contribution in [2.75, 3.05) is 5.32 Å². The maximum atomic E-state index is 13.1. The molecule has 3 N–H and O–H groups in total. The molecule has 0 unspecified atom stereocenters. The van der Waals surface area contributed by atoms with E-state index in [9.17, 15) is 22.8 Å². The number of pyridine rings is 1. The van der Waals surface area contributed by atoms with Crippen molar-refractivity contribution in [1.82, 2.24) is 4.57 Å². The molecule has 9 heteroatoms. The molecule has 0 saturated heterocycles. The van der Waals surface area contributed by atoms with Gasteiger partial charge < -0.3 is 11.1 Å². The Balaban J connectivity index is 1.92. The van der Waals surface area contributed by atoms with E-state index >= 15 is 0 Å². The fourth-order valence-corrected chi connectivity index (χ4v) is 4.24. The number of nitrogens with two attached hydrogens (primary N) is 1. The molecule has 0 radical (unpaired) electrons. The summed E-state index contributed by atoms with van der Waals surface area (Å²) in [4.78, 5) is 25.2. The summed E-state index contributed by atoms with van der Waals surface area (Å²) in [5, 5.41) is 3.38. The first-order valence-electron chi connectivity index (χ1n) is 8.74. The number of amides is 1. The van der Waals surface area contributed by atoms with Crippen LogP contribution in [0.25, 0.3) is 15.9 Å². The van der Waals surface area contributed by atoms with Gasteiger partial charge in [-0.1, -0.05) is 24.3 Å². The van der Waals surface area contributed by atoms with E-state index in [0.717, 1.165) is 23.5 Å². The quantitative estimate of drug-likeness (QED) is 0.484. The molecule has 0 fully saturated rings. The number of fused-ring (bicyclic) bond motifs is 1. The molecule has 5 nitrogen and oxygen atoms in total. The number of primary amides is 1. The third-order valence-electron chi connectivity index (χ3n) is 4.44. The second kappa shape index (κ2) is 7.34. The van der Waals surface area contributed by atoms with Gasteiger partial charge in [0.2, 0.25) is 0 Å². The van der Waals surface area contributed by atoms with E-state index in [1.54, 1.807) is 30.3 Å². The number of thiophene rings is 1. The largest absolute Gasteiger partial charge is 0.416 e. The summed E-state index contributed by atoms with van der Waals surface area (Å²) in [6.07, 6.45) is -4.51. The van der Waals surface area contributed by atoms with Crippen LogP contribution in [0.15, 0.2) is 71.5 Å². The lowest BCUT2D eigenvalue weighted by Gasteiger charge is -2.11. The lowest BCUT2D eigenvalue weighted by molar-refractivity contribution is -0.137. The summed E-state index contributed by atoms with van der Waals surface area (Å²) >= 11 is 1.00. The average molecular weight is 429 g/mol. The molecule has 0 atom stereocenters. The molecule has 2 aromatic carbocycles. The number of nitrogens with one attached hydrogen (secondary N) is 1. The van der Waals surface area contributed by atoms with Gasteiger partial charge in [0.1, 0.15) is 9.71 Å². The molecular formula is C21H14F3N3O2S. The summed E-state index contributed by atoms with van der Waals surface area (Å²) in [6, 6.07) is 16.3. The Morgan fingerprint density at radius 2 is 1.73 bits per heavy atom. The first-order valence-corrected chi connectivity index (χ1v) is 9.55. The molecule has 4 rings (SSSR count). The van der Waals surface area contributed by atoms with Gasteiger partial charge in [0, 0.05) is 17.1 Å². The molecule has 2 heterocycles. The Bertz CT molecular complexity index is 1310. The Morgan fingerprint density at radius 3 is 2.40 bits per heavy atom. The molecule has 0 aliphatic carbocycles. The summed E-state index contributed by atoms with van der Waals surface area (Å²) < 4.78 is 40.6. The van der Waals surface area contributed by atoms with E-state index in [0.29, 0.717) is 15.9 Å². The molecule has 0 aliphatic rings. The zero-order chi connectivity index (χ0) is 21.5. The maximum absolute atomic E-state index is 13.1.